The van der Waals surface area contributed by atoms with E-state index in [1.807, 2.05) is 26.0 Å². The number of pyridine rings is 1. The molecule has 2 heterocycles. The number of carbonyl (C=O) groups excluding carboxylic acids is 1. The number of aryl methyl sites for hydroxylation is 1. The van der Waals surface area contributed by atoms with Gasteiger partial charge >= 0.3 is 5.97 Å². The molecule has 3 aromatic rings. The molecule has 0 saturated heterocycles. The number of rotatable bonds is 5. The summed E-state index contributed by atoms with van der Waals surface area (Å²) in [6, 6.07) is 10.4. The van der Waals surface area contributed by atoms with Crippen LogP contribution in [0.5, 0.6) is 5.88 Å². The molecular weight excluding hydrogens is 366 g/mol. The summed E-state index contributed by atoms with van der Waals surface area (Å²) < 4.78 is 6.52. The molecular formula is C20H20ClN3O3. The van der Waals surface area contributed by atoms with E-state index in [-0.39, 0.29) is 11.8 Å². The van der Waals surface area contributed by atoms with Gasteiger partial charge in [0.05, 0.1) is 23.4 Å². The quantitative estimate of drug-likeness (QED) is 0.658. The average Bonchev–Trinajstić information content (AvgIpc) is 2.95. The zero-order chi connectivity index (χ0) is 19.6. The first-order chi connectivity index (χ1) is 12.9. The zero-order valence-electron chi connectivity index (χ0n) is 15.3. The summed E-state index contributed by atoms with van der Waals surface area (Å²) in [5.74, 6) is 0.204. The Balaban J connectivity index is 1.88. The summed E-state index contributed by atoms with van der Waals surface area (Å²) in [5, 5.41) is 15.6. The predicted octanol–water partition coefficient (Wildman–Crippen LogP) is 4.41. The van der Waals surface area contributed by atoms with Gasteiger partial charge in [0.25, 0.3) is 0 Å². The van der Waals surface area contributed by atoms with Crippen LogP contribution in [0, 0.1) is 12.8 Å². The Morgan fingerprint density at radius 2 is 1.93 bits per heavy atom. The number of nitrogens with zero attached hydrogens (tertiary/aromatic N) is 3. The minimum absolute atomic E-state index is 0.0301. The zero-order valence-corrected chi connectivity index (χ0v) is 16.1. The van der Waals surface area contributed by atoms with Crippen molar-refractivity contribution in [3.8, 4) is 22.8 Å². The van der Waals surface area contributed by atoms with E-state index in [0.717, 1.165) is 5.56 Å². The molecule has 27 heavy (non-hydrogen) atoms. The summed E-state index contributed by atoms with van der Waals surface area (Å²) >= 11 is 5.93. The number of benzene rings is 1. The Hall–Kier alpha value is -2.86. The number of carbonyl (C=O) groups is 1. The molecule has 3 rings (SSSR count). The number of aromatic nitrogens is 3. The molecule has 0 bridgehead atoms. The fourth-order valence-electron chi connectivity index (χ4n) is 2.59. The molecule has 2 aromatic heterocycles. The molecule has 0 atom stereocenters. The Morgan fingerprint density at radius 3 is 2.52 bits per heavy atom. The van der Waals surface area contributed by atoms with Gasteiger partial charge in [-0.25, -0.2) is 9.78 Å². The van der Waals surface area contributed by atoms with Crippen LogP contribution >= 0.6 is 11.6 Å². The van der Waals surface area contributed by atoms with Crippen LogP contribution in [0.2, 0.25) is 5.02 Å². The van der Waals surface area contributed by atoms with Gasteiger partial charge in [-0.3, -0.25) is 0 Å². The van der Waals surface area contributed by atoms with Crippen molar-refractivity contribution >= 4 is 17.6 Å². The Labute approximate surface area is 162 Å². The number of halogens is 1. The molecule has 7 heteroatoms. The molecule has 6 nitrogen and oxygen atoms in total. The molecule has 0 aliphatic rings. The predicted molar refractivity (Wildman–Crippen MR) is 103 cm³/mol. The van der Waals surface area contributed by atoms with Crippen LogP contribution in [0.15, 0.2) is 42.6 Å². The molecule has 0 fully saturated rings. The fraction of sp³-hybridized carbons (Fsp3) is 0.250. The third-order valence-electron chi connectivity index (χ3n) is 3.92. The summed E-state index contributed by atoms with van der Waals surface area (Å²) in [7, 11) is 0. The maximum Gasteiger partial charge on any atom is 0.339 e. The highest BCUT2D eigenvalue weighted by Crippen LogP contribution is 2.34. The van der Waals surface area contributed by atoms with Crippen molar-refractivity contribution in [2.75, 3.05) is 6.61 Å². The molecule has 0 amide bonds. The number of esters is 1. The van der Waals surface area contributed by atoms with Crippen LogP contribution in [-0.2, 0) is 4.74 Å². The number of hydrogen-bond acceptors (Lipinski definition) is 5. The maximum atomic E-state index is 12.0. The first-order valence-corrected chi connectivity index (χ1v) is 8.92. The lowest BCUT2D eigenvalue weighted by Crippen LogP contribution is -2.11. The monoisotopic (exact) mass is 385 g/mol. The highest BCUT2D eigenvalue weighted by Gasteiger charge is 2.18. The van der Waals surface area contributed by atoms with Crippen molar-refractivity contribution in [3.63, 3.8) is 0 Å². The van der Waals surface area contributed by atoms with Crippen LogP contribution in [0.4, 0.5) is 0 Å². The van der Waals surface area contributed by atoms with Crippen molar-refractivity contribution in [1.29, 1.82) is 0 Å². The van der Waals surface area contributed by atoms with Gasteiger partial charge in [-0.1, -0.05) is 37.6 Å². The topological polar surface area (TPSA) is 77.2 Å². The van der Waals surface area contributed by atoms with E-state index in [0.29, 0.717) is 34.3 Å². The number of ether oxygens (including phenoxy) is 1. The smallest absolute Gasteiger partial charge is 0.339 e. The van der Waals surface area contributed by atoms with Crippen molar-refractivity contribution in [1.82, 2.24) is 14.8 Å². The van der Waals surface area contributed by atoms with Gasteiger partial charge in [0.1, 0.15) is 0 Å². The maximum absolute atomic E-state index is 12.0. The van der Waals surface area contributed by atoms with Gasteiger partial charge in [0.2, 0.25) is 5.88 Å². The highest BCUT2D eigenvalue weighted by atomic mass is 35.5. The van der Waals surface area contributed by atoms with E-state index in [1.54, 1.807) is 31.2 Å². The average molecular weight is 386 g/mol. The Bertz CT molecular complexity index is 948. The summed E-state index contributed by atoms with van der Waals surface area (Å²) in [5.41, 5.74) is 2.40. The van der Waals surface area contributed by atoms with Crippen molar-refractivity contribution < 1.29 is 14.6 Å². The highest BCUT2D eigenvalue weighted by molar-refractivity contribution is 6.30. The Morgan fingerprint density at radius 1 is 1.22 bits per heavy atom. The van der Waals surface area contributed by atoms with Gasteiger partial charge in [0.15, 0.2) is 5.82 Å². The van der Waals surface area contributed by atoms with E-state index >= 15 is 0 Å². The SMILES string of the molecule is Cc1nn(-c2ccc(C(=O)OCC(C)C)cn2)c(O)c1-c1ccc(Cl)cc1. The van der Waals surface area contributed by atoms with E-state index in [4.69, 9.17) is 16.3 Å². The van der Waals surface area contributed by atoms with Crippen molar-refractivity contribution in [2.24, 2.45) is 5.92 Å². The van der Waals surface area contributed by atoms with Crippen LogP contribution in [0.1, 0.15) is 29.9 Å². The van der Waals surface area contributed by atoms with Crippen LogP contribution in [0.3, 0.4) is 0 Å². The molecule has 0 radical (unpaired) electrons. The largest absolute Gasteiger partial charge is 0.493 e. The normalized spacial score (nSPS) is 11.0. The van der Waals surface area contributed by atoms with E-state index in [2.05, 4.69) is 10.1 Å². The minimum atomic E-state index is -0.425. The second-order valence-corrected chi connectivity index (χ2v) is 7.04. The fourth-order valence-corrected chi connectivity index (χ4v) is 2.71. The molecule has 1 N–H and O–H groups in total. The second-order valence-electron chi connectivity index (χ2n) is 6.60. The van der Waals surface area contributed by atoms with Gasteiger partial charge < -0.3 is 9.84 Å². The molecule has 0 aliphatic heterocycles. The number of hydrogen-bond donors (Lipinski definition) is 1. The van der Waals surface area contributed by atoms with Gasteiger partial charge in [0, 0.05) is 11.2 Å². The third kappa shape index (κ3) is 4.11. The lowest BCUT2D eigenvalue weighted by molar-refractivity contribution is 0.0458. The standard InChI is InChI=1S/C20H20ClN3O3/c1-12(2)11-27-20(26)15-6-9-17(22-10-15)24-19(25)18(13(3)23-24)14-4-7-16(21)8-5-14/h4-10,12,25H,11H2,1-3H3. The minimum Gasteiger partial charge on any atom is -0.493 e. The Kier molecular flexibility index (Phi) is 5.46. The van der Waals surface area contributed by atoms with Gasteiger partial charge in [-0.15, -0.1) is 0 Å². The number of aromatic hydroxyl groups is 1. The van der Waals surface area contributed by atoms with E-state index in [9.17, 15) is 9.90 Å². The van der Waals surface area contributed by atoms with Crippen LogP contribution in [0.25, 0.3) is 16.9 Å². The molecule has 1 aromatic carbocycles. The summed E-state index contributed by atoms with van der Waals surface area (Å²) in [4.78, 5) is 16.2. The molecule has 140 valence electrons. The third-order valence-corrected chi connectivity index (χ3v) is 4.17. The van der Waals surface area contributed by atoms with E-state index < -0.39 is 5.97 Å². The molecule has 0 spiro atoms. The second kappa shape index (κ2) is 7.80. The van der Waals surface area contributed by atoms with Gasteiger partial charge in [-0.05, 0) is 42.7 Å². The van der Waals surface area contributed by atoms with Crippen LogP contribution < -0.4 is 0 Å². The summed E-state index contributed by atoms with van der Waals surface area (Å²) in [6.07, 6.45) is 1.41. The molecule has 0 unspecified atom stereocenters. The van der Waals surface area contributed by atoms with Crippen LogP contribution in [-0.4, -0.2) is 32.4 Å². The first kappa shape index (κ1) is 18.9. The van der Waals surface area contributed by atoms with Gasteiger partial charge in [-0.2, -0.15) is 9.78 Å². The first-order valence-electron chi connectivity index (χ1n) is 8.55. The lowest BCUT2D eigenvalue weighted by atomic mass is 10.1. The molecule has 0 saturated carbocycles. The van der Waals surface area contributed by atoms with E-state index in [1.165, 1.54) is 10.9 Å². The van der Waals surface area contributed by atoms with Crippen molar-refractivity contribution in [3.05, 3.63) is 58.9 Å². The van der Waals surface area contributed by atoms with Crippen molar-refractivity contribution in [2.45, 2.75) is 20.8 Å². The molecule has 0 aliphatic carbocycles. The summed E-state index contributed by atoms with van der Waals surface area (Å²) in [6.45, 7) is 6.09. The lowest BCUT2D eigenvalue weighted by Gasteiger charge is -2.08.